The lowest BCUT2D eigenvalue weighted by atomic mass is 10.1. The van der Waals surface area contributed by atoms with Gasteiger partial charge < -0.3 is 19.5 Å². The quantitative estimate of drug-likeness (QED) is 0.931. The Labute approximate surface area is 140 Å². The van der Waals surface area contributed by atoms with Gasteiger partial charge in [-0.1, -0.05) is 0 Å². The van der Waals surface area contributed by atoms with Crippen molar-refractivity contribution in [1.29, 1.82) is 0 Å². The van der Waals surface area contributed by atoms with E-state index < -0.39 is 0 Å². The zero-order valence-corrected chi connectivity index (χ0v) is 13.9. The van der Waals surface area contributed by atoms with Crippen LogP contribution in [0.1, 0.15) is 16.1 Å². The zero-order valence-electron chi connectivity index (χ0n) is 13.9. The van der Waals surface area contributed by atoms with Gasteiger partial charge in [0.2, 0.25) is 5.56 Å². The molecule has 1 aliphatic rings. The summed E-state index contributed by atoms with van der Waals surface area (Å²) in [6, 6.07) is 11.0. The van der Waals surface area contributed by atoms with Gasteiger partial charge in [-0.15, -0.1) is 0 Å². The number of piperazine rings is 1. The summed E-state index contributed by atoms with van der Waals surface area (Å²) in [5.74, 6) is 0.746. The van der Waals surface area contributed by atoms with Gasteiger partial charge in [-0.3, -0.25) is 9.59 Å². The number of hydrogen-bond acceptors (Lipinski definition) is 4. The number of carbonyl (C=O) groups is 1. The van der Waals surface area contributed by atoms with Gasteiger partial charge in [0, 0.05) is 49.2 Å². The summed E-state index contributed by atoms with van der Waals surface area (Å²) in [5, 5.41) is 0. The molecule has 2 aromatic rings. The third-order valence-electron chi connectivity index (χ3n) is 4.23. The number of aromatic nitrogens is 1. The smallest absolute Gasteiger partial charge is 0.254 e. The maximum atomic E-state index is 12.6. The maximum Gasteiger partial charge on any atom is 0.254 e. The molecule has 0 radical (unpaired) electrons. The summed E-state index contributed by atoms with van der Waals surface area (Å²) in [5.41, 5.74) is 2.03. The summed E-state index contributed by atoms with van der Waals surface area (Å²) in [6.45, 7) is 4.58. The molecule has 1 fully saturated rings. The second kappa shape index (κ2) is 6.78. The van der Waals surface area contributed by atoms with Crippen LogP contribution < -0.4 is 15.2 Å². The van der Waals surface area contributed by atoms with Gasteiger partial charge in [0.15, 0.2) is 0 Å². The lowest BCUT2D eigenvalue weighted by Crippen LogP contribution is -2.49. The van der Waals surface area contributed by atoms with Crippen molar-refractivity contribution in [1.82, 2.24) is 9.88 Å². The highest BCUT2D eigenvalue weighted by molar-refractivity contribution is 5.94. The molecule has 1 saturated heterocycles. The van der Waals surface area contributed by atoms with Gasteiger partial charge in [0.25, 0.3) is 5.91 Å². The van der Waals surface area contributed by atoms with Crippen LogP contribution in [0, 0.1) is 6.92 Å². The summed E-state index contributed by atoms with van der Waals surface area (Å²) < 4.78 is 5.17. The molecule has 1 amide bonds. The van der Waals surface area contributed by atoms with Gasteiger partial charge in [0.1, 0.15) is 5.75 Å². The predicted molar refractivity (Wildman–Crippen MR) is 92.9 cm³/mol. The fraction of sp³-hybridized carbons (Fsp3) is 0.333. The average molecular weight is 327 g/mol. The van der Waals surface area contributed by atoms with Crippen LogP contribution in [0.2, 0.25) is 0 Å². The molecule has 6 heteroatoms. The number of hydrogen-bond donors (Lipinski definition) is 1. The molecule has 1 aliphatic heterocycles. The minimum atomic E-state index is -0.241. The van der Waals surface area contributed by atoms with Crippen molar-refractivity contribution in [3.63, 3.8) is 0 Å². The van der Waals surface area contributed by atoms with E-state index in [0.717, 1.165) is 24.5 Å². The average Bonchev–Trinajstić information content (AvgIpc) is 2.60. The van der Waals surface area contributed by atoms with E-state index >= 15 is 0 Å². The number of pyridine rings is 1. The number of ether oxygens (including phenoxy) is 1. The molecule has 0 saturated carbocycles. The van der Waals surface area contributed by atoms with Crippen molar-refractivity contribution in [3.05, 3.63) is 58.0 Å². The van der Waals surface area contributed by atoms with Crippen molar-refractivity contribution < 1.29 is 9.53 Å². The summed E-state index contributed by atoms with van der Waals surface area (Å²) >= 11 is 0. The molecule has 0 atom stereocenters. The summed E-state index contributed by atoms with van der Waals surface area (Å²) in [6.07, 6.45) is 0. The first kappa shape index (κ1) is 16.1. The van der Waals surface area contributed by atoms with Crippen LogP contribution in [-0.4, -0.2) is 49.1 Å². The molecule has 1 aromatic carbocycles. The molecule has 126 valence electrons. The third-order valence-corrected chi connectivity index (χ3v) is 4.23. The van der Waals surface area contributed by atoms with E-state index in [4.69, 9.17) is 4.74 Å². The van der Waals surface area contributed by atoms with E-state index in [1.807, 2.05) is 24.3 Å². The Morgan fingerprint density at radius 3 is 2.33 bits per heavy atom. The minimum absolute atomic E-state index is 0.0846. The van der Waals surface area contributed by atoms with E-state index in [2.05, 4.69) is 9.88 Å². The van der Waals surface area contributed by atoms with E-state index in [-0.39, 0.29) is 11.5 Å². The number of nitrogens with zero attached hydrogens (tertiary/aromatic N) is 2. The number of rotatable bonds is 3. The van der Waals surface area contributed by atoms with Crippen molar-refractivity contribution in [2.45, 2.75) is 6.92 Å². The van der Waals surface area contributed by atoms with Crippen LogP contribution >= 0.6 is 0 Å². The Hall–Kier alpha value is -2.76. The minimum Gasteiger partial charge on any atom is -0.497 e. The van der Waals surface area contributed by atoms with Crippen molar-refractivity contribution >= 4 is 11.6 Å². The highest BCUT2D eigenvalue weighted by Crippen LogP contribution is 2.21. The van der Waals surface area contributed by atoms with E-state index in [1.165, 1.54) is 6.07 Å². The largest absolute Gasteiger partial charge is 0.497 e. The number of benzene rings is 1. The summed E-state index contributed by atoms with van der Waals surface area (Å²) in [4.78, 5) is 30.8. The number of amides is 1. The first-order valence-corrected chi connectivity index (χ1v) is 7.96. The molecular formula is C18H21N3O3. The SMILES string of the molecule is COc1ccc(N2CCN(C(=O)c3cc(C)[nH]c(=O)c3)CC2)cc1. The molecule has 1 aromatic heterocycles. The predicted octanol–water partition coefficient (Wildman–Crippen LogP) is 1.65. The molecule has 6 nitrogen and oxygen atoms in total. The second-order valence-electron chi connectivity index (χ2n) is 5.89. The standard InChI is InChI=1S/C18H21N3O3/c1-13-11-14(12-17(22)19-13)18(23)21-9-7-20(8-10-21)15-3-5-16(24-2)6-4-15/h3-6,11-12H,7-10H2,1-2H3,(H,19,22). The number of aryl methyl sites for hydroxylation is 1. The number of H-pyrrole nitrogens is 1. The Kier molecular flexibility index (Phi) is 4.55. The Balaban J connectivity index is 1.65. The Morgan fingerprint density at radius 1 is 1.08 bits per heavy atom. The van der Waals surface area contributed by atoms with E-state index in [0.29, 0.717) is 24.3 Å². The Bertz CT molecular complexity index is 775. The molecule has 24 heavy (non-hydrogen) atoms. The zero-order chi connectivity index (χ0) is 17.1. The van der Waals surface area contributed by atoms with Crippen molar-refractivity contribution in [2.75, 3.05) is 38.2 Å². The molecule has 0 spiro atoms. The van der Waals surface area contributed by atoms with Crippen molar-refractivity contribution in [3.8, 4) is 5.75 Å². The third kappa shape index (κ3) is 3.42. The van der Waals surface area contributed by atoms with Crippen LogP contribution in [0.25, 0.3) is 0 Å². The lowest BCUT2D eigenvalue weighted by molar-refractivity contribution is 0.0746. The fourth-order valence-electron chi connectivity index (χ4n) is 2.95. The highest BCUT2D eigenvalue weighted by Gasteiger charge is 2.22. The van der Waals surface area contributed by atoms with Crippen LogP contribution in [-0.2, 0) is 0 Å². The molecule has 0 unspecified atom stereocenters. The van der Waals surface area contributed by atoms with Gasteiger partial charge in [-0.25, -0.2) is 0 Å². The normalized spacial score (nSPS) is 14.6. The molecule has 0 bridgehead atoms. The fourth-order valence-corrected chi connectivity index (χ4v) is 2.95. The first-order chi connectivity index (χ1) is 11.6. The Morgan fingerprint density at radius 2 is 1.75 bits per heavy atom. The monoisotopic (exact) mass is 327 g/mol. The highest BCUT2D eigenvalue weighted by atomic mass is 16.5. The number of nitrogens with one attached hydrogen (secondary N) is 1. The van der Waals surface area contributed by atoms with Gasteiger partial charge >= 0.3 is 0 Å². The summed E-state index contributed by atoms with van der Waals surface area (Å²) in [7, 11) is 1.65. The molecule has 0 aliphatic carbocycles. The molecular weight excluding hydrogens is 306 g/mol. The first-order valence-electron chi connectivity index (χ1n) is 7.96. The second-order valence-corrected chi connectivity index (χ2v) is 5.89. The topological polar surface area (TPSA) is 65.6 Å². The lowest BCUT2D eigenvalue weighted by Gasteiger charge is -2.36. The number of anilines is 1. The van der Waals surface area contributed by atoms with Gasteiger partial charge in [-0.2, -0.15) is 0 Å². The van der Waals surface area contributed by atoms with Crippen LogP contribution in [0.3, 0.4) is 0 Å². The van der Waals surface area contributed by atoms with Crippen molar-refractivity contribution in [2.24, 2.45) is 0 Å². The molecule has 1 N–H and O–H groups in total. The molecule has 3 rings (SSSR count). The van der Waals surface area contributed by atoms with Gasteiger partial charge in [0.05, 0.1) is 7.11 Å². The molecule has 2 heterocycles. The van der Waals surface area contributed by atoms with E-state index in [9.17, 15) is 9.59 Å². The van der Waals surface area contributed by atoms with Crippen LogP contribution in [0.4, 0.5) is 5.69 Å². The number of carbonyl (C=O) groups excluding carboxylic acids is 1. The van der Waals surface area contributed by atoms with Gasteiger partial charge in [-0.05, 0) is 37.3 Å². The number of aromatic amines is 1. The van der Waals surface area contributed by atoms with E-state index in [1.54, 1.807) is 25.0 Å². The number of methoxy groups -OCH3 is 1. The maximum absolute atomic E-state index is 12.6. The van der Waals surface area contributed by atoms with Crippen LogP contribution in [0.5, 0.6) is 5.75 Å². The van der Waals surface area contributed by atoms with Crippen LogP contribution in [0.15, 0.2) is 41.2 Å².